The Morgan fingerprint density at radius 2 is 2.17 bits per heavy atom. The summed E-state index contributed by atoms with van der Waals surface area (Å²) in [6.07, 6.45) is 2.32. The number of nitrogens with two attached hydrogens (primary N) is 1. The predicted molar refractivity (Wildman–Crippen MR) is 71.8 cm³/mol. The molecule has 0 aromatic carbocycles. The van der Waals surface area contributed by atoms with Gasteiger partial charge in [-0.15, -0.1) is 0 Å². The molecule has 0 amide bonds. The molecule has 0 saturated heterocycles. The molecule has 102 valence electrons. The van der Waals surface area contributed by atoms with Crippen molar-refractivity contribution in [3.05, 3.63) is 6.33 Å². The fourth-order valence-electron chi connectivity index (χ4n) is 1.38. The second-order valence-electron chi connectivity index (χ2n) is 4.39. The molecule has 6 nitrogen and oxygen atoms in total. The first-order chi connectivity index (χ1) is 8.65. The molecule has 0 atom stereocenters. The Hall–Kier alpha value is -1.56. The van der Waals surface area contributed by atoms with Crippen LogP contribution in [0.5, 0.6) is 5.88 Å². The number of aromatic nitrogens is 2. The maximum absolute atomic E-state index is 5.83. The van der Waals surface area contributed by atoms with Gasteiger partial charge in [-0.2, -0.15) is 4.98 Å². The van der Waals surface area contributed by atoms with Crippen molar-refractivity contribution in [1.29, 1.82) is 0 Å². The van der Waals surface area contributed by atoms with Crippen molar-refractivity contribution in [2.45, 2.75) is 20.3 Å². The van der Waals surface area contributed by atoms with Crippen molar-refractivity contribution in [3.63, 3.8) is 0 Å². The zero-order valence-electron chi connectivity index (χ0n) is 11.3. The Kier molecular flexibility index (Phi) is 6.21. The summed E-state index contributed by atoms with van der Waals surface area (Å²) in [4.78, 5) is 7.98. The van der Waals surface area contributed by atoms with Gasteiger partial charge >= 0.3 is 0 Å². The molecular formula is C12H22N4O2. The lowest BCUT2D eigenvalue weighted by Gasteiger charge is -2.10. The van der Waals surface area contributed by atoms with Crippen molar-refractivity contribution in [2.24, 2.45) is 5.92 Å². The topological polar surface area (TPSA) is 82.3 Å². The van der Waals surface area contributed by atoms with Gasteiger partial charge in [0, 0.05) is 19.8 Å². The zero-order valence-corrected chi connectivity index (χ0v) is 11.3. The average molecular weight is 254 g/mol. The summed E-state index contributed by atoms with van der Waals surface area (Å²) in [5.41, 5.74) is 6.26. The molecule has 3 N–H and O–H groups in total. The zero-order chi connectivity index (χ0) is 13.4. The highest BCUT2D eigenvalue weighted by atomic mass is 16.5. The average Bonchev–Trinajstić information content (AvgIpc) is 2.35. The first kappa shape index (κ1) is 14.5. The second kappa shape index (κ2) is 7.71. The molecule has 1 heterocycles. The number of hydrogen-bond donors (Lipinski definition) is 2. The van der Waals surface area contributed by atoms with Crippen LogP contribution in [0.3, 0.4) is 0 Å². The number of anilines is 2. The van der Waals surface area contributed by atoms with E-state index in [9.17, 15) is 0 Å². The van der Waals surface area contributed by atoms with E-state index in [0.717, 1.165) is 26.2 Å². The molecule has 18 heavy (non-hydrogen) atoms. The number of nitrogens with zero attached hydrogens (tertiary/aromatic N) is 2. The maximum Gasteiger partial charge on any atom is 0.242 e. The quantitative estimate of drug-likeness (QED) is 0.685. The molecule has 0 fully saturated rings. The van der Waals surface area contributed by atoms with Crippen LogP contribution >= 0.6 is 0 Å². The molecule has 0 aliphatic rings. The monoisotopic (exact) mass is 254 g/mol. The highest BCUT2D eigenvalue weighted by Crippen LogP contribution is 2.23. The molecule has 1 aromatic rings. The number of methoxy groups -OCH3 is 1. The van der Waals surface area contributed by atoms with Crippen LogP contribution in [0.25, 0.3) is 0 Å². The first-order valence-electron chi connectivity index (χ1n) is 6.11. The Labute approximate surface area is 108 Å². The van der Waals surface area contributed by atoms with E-state index in [2.05, 4.69) is 29.1 Å². The van der Waals surface area contributed by atoms with Crippen LogP contribution in [0.4, 0.5) is 11.5 Å². The predicted octanol–water partition coefficient (Wildman–Crippen LogP) is 1.54. The minimum atomic E-state index is 0.392. The molecule has 0 spiro atoms. The lowest BCUT2D eigenvalue weighted by atomic mass is 10.2. The van der Waals surface area contributed by atoms with Crippen molar-refractivity contribution in [3.8, 4) is 5.88 Å². The summed E-state index contributed by atoms with van der Waals surface area (Å²) in [6, 6.07) is 0. The lowest BCUT2D eigenvalue weighted by molar-refractivity contribution is 0.110. The van der Waals surface area contributed by atoms with Crippen molar-refractivity contribution in [1.82, 2.24) is 9.97 Å². The van der Waals surface area contributed by atoms with E-state index >= 15 is 0 Å². The molecule has 0 aliphatic heterocycles. The molecule has 0 saturated carbocycles. The summed E-state index contributed by atoms with van der Waals surface area (Å²) in [5.74, 6) is 1.56. The fourth-order valence-corrected chi connectivity index (χ4v) is 1.38. The normalized spacial score (nSPS) is 10.7. The van der Waals surface area contributed by atoms with Crippen LogP contribution in [0.1, 0.15) is 20.3 Å². The molecule has 0 radical (unpaired) electrons. The standard InChI is InChI=1S/C12H22N4O2/c1-9(2)7-18-6-4-5-14-11-10(13)12(17-3)16-8-15-11/h8-9H,4-7,13H2,1-3H3,(H,14,15,16). The first-order valence-corrected chi connectivity index (χ1v) is 6.11. The van der Waals surface area contributed by atoms with Crippen molar-refractivity contribution < 1.29 is 9.47 Å². The van der Waals surface area contributed by atoms with E-state index in [4.69, 9.17) is 15.2 Å². The molecule has 0 aliphatic carbocycles. The molecule has 6 heteroatoms. The van der Waals surface area contributed by atoms with Crippen LogP contribution in [-0.2, 0) is 4.74 Å². The minimum absolute atomic E-state index is 0.392. The van der Waals surface area contributed by atoms with E-state index < -0.39 is 0 Å². The molecule has 1 aromatic heterocycles. The number of nitrogen functional groups attached to an aromatic ring is 1. The SMILES string of the molecule is COc1ncnc(NCCCOCC(C)C)c1N. The summed E-state index contributed by atoms with van der Waals surface area (Å²) in [6.45, 7) is 6.54. The van der Waals surface area contributed by atoms with Crippen LogP contribution in [0.15, 0.2) is 6.33 Å². The van der Waals surface area contributed by atoms with Gasteiger partial charge in [0.1, 0.15) is 12.0 Å². The Bertz CT molecular complexity index is 358. The smallest absolute Gasteiger partial charge is 0.242 e. The molecule has 1 rings (SSSR count). The van der Waals surface area contributed by atoms with Gasteiger partial charge in [-0.1, -0.05) is 13.8 Å². The second-order valence-corrected chi connectivity index (χ2v) is 4.39. The van der Waals surface area contributed by atoms with Gasteiger partial charge in [0.05, 0.1) is 7.11 Å². The lowest BCUT2D eigenvalue weighted by Crippen LogP contribution is -2.11. The summed E-state index contributed by atoms with van der Waals surface area (Å²) in [7, 11) is 1.53. The molecule has 0 bridgehead atoms. The third-order valence-electron chi connectivity index (χ3n) is 2.25. The minimum Gasteiger partial charge on any atom is -0.479 e. The highest BCUT2D eigenvalue weighted by Gasteiger charge is 2.06. The summed E-state index contributed by atoms with van der Waals surface area (Å²) < 4.78 is 10.5. The number of nitrogens with one attached hydrogen (secondary N) is 1. The van der Waals surface area contributed by atoms with Gasteiger partial charge in [-0.05, 0) is 12.3 Å². The molecule has 0 unspecified atom stereocenters. The summed E-state index contributed by atoms with van der Waals surface area (Å²) in [5, 5.41) is 3.14. The number of ether oxygens (including phenoxy) is 2. The Morgan fingerprint density at radius 3 is 2.83 bits per heavy atom. The third kappa shape index (κ3) is 4.75. The van der Waals surface area contributed by atoms with Gasteiger partial charge in [0.2, 0.25) is 5.88 Å². The highest BCUT2D eigenvalue weighted by molar-refractivity contribution is 5.66. The van der Waals surface area contributed by atoms with Crippen LogP contribution in [0.2, 0.25) is 0 Å². The largest absolute Gasteiger partial charge is 0.479 e. The van der Waals surface area contributed by atoms with Gasteiger partial charge in [0.15, 0.2) is 5.82 Å². The van der Waals surface area contributed by atoms with Gasteiger partial charge in [-0.25, -0.2) is 4.98 Å². The summed E-state index contributed by atoms with van der Waals surface area (Å²) >= 11 is 0. The van der Waals surface area contributed by atoms with Crippen LogP contribution in [0, 0.1) is 5.92 Å². The van der Waals surface area contributed by atoms with E-state index in [0.29, 0.717) is 23.3 Å². The van der Waals surface area contributed by atoms with Gasteiger partial charge in [-0.3, -0.25) is 0 Å². The van der Waals surface area contributed by atoms with Crippen molar-refractivity contribution >= 4 is 11.5 Å². The number of rotatable bonds is 8. The van der Waals surface area contributed by atoms with E-state index in [-0.39, 0.29) is 0 Å². The van der Waals surface area contributed by atoms with Crippen molar-refractivity contribution in [2.75, 3.05) is 37.9 Å². The Balaban J connectivity index is 2.27. The van der Waals surface area contributed by atoms with E-state index in [1.54, 1.807) is 0 Å². The van der Waals surface area contributed by atoms with Crippen LogP contribution < -0.4 is 15.8 Å². The van der Waals surface area contributed by atoms with Gasteiger partial charge in [0.25, 0.3) is 0 Å². The third-order valence-corrected chi connectivity index (χ3v) is 2.25. The van der Waals surface area contributed by atoms with Gasteiger partial charge < -0.3 is 20.5 Å². The number of hydrogen-bond acceptors (Lipinski definition) is 6. The van der Waals surface area contributed by atoms with E-state index in [1.165, 1.54) is 13.4 Å². The van der Waals surface area contributed by atoms with E-state index in [1.807, 2.05) is 0 Å². The van der Waals surface area contributed by atoms with Crippen LogP contribution in [-0.4, -0.2) is 36.8 Å². The molecular weight excluding hydrogens is 232 g/mol. The fraction of sp³-hybridized carbons (Fsp3) is 0.667. The Morgan fingerprint density at radius 1 is 1.39 bits per heavy atom. The maximum atomic E-state index is 5.83.